The minimum absolute atomic E-state index is 0.00247. The van der Waals surface area contributed by atoms with E-state index in [0.717, 1.165) is 11.7 Å². The van der Waals surface area contributed by atoms with Crippen molar-refractivity contribution in [3.05, 3.63) is 0 Å². The smallest absolute Gasteiger partial charge is 0.260 e. The number of alkyl halides is 2. The molecule has 4 aliphatic rings. The van der Waals surface area contributed by atoms with Gasteiger partial charge in [-0.3, -0.25) is 9.69 Å². The average Bonchev–Trinajstić information content (AvgIpc) is 2.40. The maximum atomic E-state index is 13.4. The van der Waals surface area contributed by atoms with Crippen LogP contribution >= 0.6 is 0 Å². The molecule has 0 aromatic rings. The molecule has 24 heavy (non-hydrogen) atoms. The van der Waals surface area contributed by atoms with Crippen LogP contribution in [0.15, 0.2) is 0 Å². The van der Waals surface area contributed by atoms with E-state index in [1.54, 1.807) is 0 Å². The zero-order chi connectivity index (χ0) is 17.5. The molecule has 0 radical (unpaired) electrons. The SMILES string of the molecule is CC.O=C(C1CC(N2CCCC(F)(F)C2)C1)N1CC2(CN(F)C2)C1. The predicted octanol–water partition coefficient (Wildman–Crippen LogP) is 2.55. The van der Waals surface area contributed by atoms with E-state index >= 15 is 0 Å². The molecular weight excluding hydrogens is 319 g/mol. The highest BCUT2D eigenvalue weighted by Gasteiger charge is 2.55. The summed E-state index contributed by atoms with van der Waals surface area (Å²) in [5.74, 6) is -2.44. The molecule has 1 amide bonds. The molecular formula is C17H28F3N3O. The molecule has 7 heteroatoms. The molecule has 1 aliphatic carbocycles. The molecule has 3 aliphatic heterocycles. The van der Waals surface area contributed by atoms with Crippen molar-refractivity contribution in [2.24, 2.45) is 11.3 Å². The molecule has 1 spiro atoms. The third-order valence-electron chi connectivity index (χ3n) is 5.78. The van der Waals surface area contributed by atoms with Crippen molar-refractivity contribution in [1.82, 2.24) is 14.9 Å². The molecule has 0 bridgehead atoms. The van der Waals surface area contributed by atoms with Crippen LogP contribution in [0, 0.1) is 11.3 Å². The lowest BCUT2D eigenvalue weighted by molar-refractivity contribution is -0.202. The van der Waals surface area contributed by atoms with Gasteiger partial charge in [-0.2, -0.15) is 0 Å². The molecule has 1 saturated carbocycles. The van der Waals surface area contributed by atoms with Crippen molar-refractivity contribution in [2.75, 3.05) is 39.3 Å². The minimum Gasteiger partial charge on any atom is -0.341 e. The number of piperidine rings is 1. The molecule has 0 N–H and O–H groups in total. The van der Waals surface area contributed by atoms with Gasteiger partial charge >= 0.3 is 0 Å². The van der Waals surface area contributed by atoms with Crippen LogP contribution in [0.2, 0.25) is 0 Å². The van der Waals surface area contributed by atoms with E-state index < -0.39 is 5.92 Å². The van der Waals surface area contributed by atoms with Gasteiger partial charge in [0.1, 0.15) is 0 Å². The lowest BCUT2D eigenvalue weighted by Crippen LogP contribution is -2.72. The van der Waals surface area contributed by atoms with Gasteiger partial charge in [-0.25, -0.2) is 8.78 Å². The molecule has 138 valence electrons. The summed E-state index contributed by atoms with van der Waals surface area (Å²) < 4.78 is 39.6. The first-order valence-corrected chi connectivity index (χ1v) is 9.17. The standard InChI is InChI=1S/C15H22F3N3O.C2H6/c16-15(17)2-1-3-19(10-15)12-4-11(5-12)13(22)20-6-14(7-20)8-21(18)9-14;1-2/h11-12H,1-10H2;1-2H3. The van der Waals surface area contributed by atoms with E-state index in [0.29, 0.717) is 45.4 Å². The van der Waals surface area contributed by atoms with E-state index in [9.17, 15) is 18.1 Å². The van der Waals surface area contributed by atoms with Crippen LogP contribution in [0.1, 0.15) is 39.5 Å². The Balaban J connectivity index is 0.000000815. The maximum absolute atomic E-state index is 13.4. The van der Waals surface area contributed by atoms with Gasteiger partial charge < -0.3 is 4.90 Å². The van der Waals surface area contributed by atoms with Crippen LogP contribution in [0.25, 0.3) is 0 Å². The normalized spacial score (nSPS) is 34.5. The highest BCUT2D eigenvalue weighted by molar-refractivity contribution is 5.81. The fraction of sp³-hybridized carbons (Fsp3) is 0.941. The van der Waals surface area contributed by atoms with Gasteiger partial charge in [-0.1, -0.05) is 13.8 Å². The average molecular weight is 347 g/mol. The second-order valence-electron chi connectivity index (χ2n) is 7.73. The van der Waals surface area contributed by atoms with E-state index in [1.807, 2.05) is 23.6 Å². The fourth-order valence-corrected chi connectivity index (χ4v) is 4.45. The number of carbonyl (C=O) groups is 1. The Morgan fingerprint density at radius 1 is 1.04 bits per heavy atom. The van der Waals surface area contributed by atoms with Crippen molar-refractivity contribution in [1.29, 1.82) is 0 Å². The molecule has 0 aromatic heterocycles. The van der Waals surface area contributed by atoms with Gasteiger partial charge in [-0.15, -0.1) is 9.60 Å². The number of rotatable bonds is 2. The van der Waals surface area contributed by atoms with Gasteiger partial charge in [0, 0.05) is 50.0 Å². The fourth-order valence-electron chi connectivity index (χ4n) is 4.45. The first-order chi connectivity index (χ1) is 11.4. The molecule has 4 fully saturated rings. The monoisotopic (exact) mass is 347 g/mol. The summed E-state index contributed by atoms with van der Waals surface area (Å²) in [6.07, 6.45) is 1.93. The number of nitrogens with zero attached hydrogens (tertiary/aromatic N) is 3. The third kappa shape index (κ3) is 3.29. The second kappa shape index (κ2) is 6.48. The first kappa shape index (κ1) is 18.0. The van der Waals surface area contributed by atoms with Gasteiger partial charge in [-0.05, 0) is 25.8 Å². The summed E-state index contributed by atoms with van der Waals surface area (Å²) in [5, 5.41) is 0.789. The number of hydrogen-bond acceptors (Lipinski definition) is 3. The molecule has 0 aromatic carbocycles. The van der Waals surface area contributed by atoms with Gasteiger partial charge in [0.15, 0.2) is 0 Å². The predicted molar refractivity (Wildman–Crippen MR) is 85.3 cm³/mol. The van der Waals surface area contributed by atoms with Crippen molar-refractivity contribution in [3.63, 3.8) is 0 Å². The van der Waals surface area contributed by atoms with Crippen LogP contribution in [-0.2, 0) is 4.79 Å². The number of likely N-dealkylation sites (tertiary alicyclic amines) is 2. The Morgan fingerprint density at radius 3 is 2.21 bits per heavy atom. The van der Waals surface area contributed by atoms with Crippen molar-refractivity contribution < 1.29 is 18.1 Å². The zero-order valence-electron chi connectivity index (χ0n) is 14.6. The minimum atomic E-state index is -2.57. The third-order valence-corrected chi connectivity index (χ3v) is 5.78. The molecule has 3 saturated heterocycles. The summed E-state index contributed by atoms with van der Waals surface area (Å²) >= 11 is 0. The number of carbonyl (C=O) groups excluding carboxylic acids is 1. The highest BCUT2D eigenvalue weighted by atomic mass is 19.3. The number of halogens is 3. The van der Waals surface area contributed by atoms with Crippen molar-refractivity contribution >= 4 is 5.91 Å². The van der Waals surface area contributed by atoms with E-state index in [1.165, 1.54) is 0 Å². The molecule has 0 unspecified atom stereocenters. The van der Waals surface area contributed by atoms with Crippen LogP contribution < -0.4 is 0 Å². The lowest BCUT2D eigenvalue weighted by atomic mass is 9.71. The molecule has 4 nitrogen and oxygen atoms in total. The van der Waals surface area contributed by atoms with E-state index in [-0.39, 0.29) is 36.2 Å². The summed E-state index contributed by atoms with van der Waals surface area (Å²) in [4.78, 5) is 16.0. The highest BCUT2D eigenvalue weighted by Crippen LogP contribution is 2.43. The lowest BCUT2D eigenvalue weighted by Gasteiger charge is -2.58. The van der Waals surface area contributed by atoms with Gasteiger partial charge in [0.2, 0.25) is 5.91 Å². The Kier molecular flexibility index (Phi) is 4.86. The number of hydrogen-bond donors (Lipinski definition) is 0. The van der Waals surface area contributed by atoms with Crippen LogP contribution in [0.5, 0.6) is 0 Å². The van der Waals surface area contributed by atoms with Crippen LogP contribution in [0.3, 0.4) is 0 Å². The van der Waals surface area contributed by atoms with Crippen LogP contribution in [0.4, 0.5) is 13.3 Å². The Bertz CT molecular complexity index is 468. The summed E-state index contributed by atoms with van der Waals surface area (Å²) in [6, 6.07) is 0.139. The topological polar surface area (TPSA) is 26.8 Å². The number of amides is 1. The zero-order valence-corrected chi connectivity index (χ0v) is 14.6. The van der Waals surface area contributed by atoms with E-state index in [4.69, 9.17) is 0 Å². The summed E-state index contributed by atoms with van der Waals surface area (Å²) in [7, 11) is 0. The van der Waals surface area contributed by atoms with Gasteiger partial charge in [0.05, 0.1) is 6.54 Å². The van der Waals surface area contributed by atoms with Crippen LogP contribution in [-0.4, -0.2) is 72.1 Å². The second-order valence-corrected chi connectivity index (χ2v) is 7.73. The summed E-state index contributed by atoms with van der Waals surface area (Å²) in [5.41, 5.74) is 0.00247. The van der Waals surface area contributed by atoms with E-state index in [2.05, 4.69) is 0 Å². The molecule has 3 heterocycles. The quantitative estimate of drug-likeness (QED) is 0.719. The van der Waals surface area contributed by atoms with Gasteiger partial charge in [0.25, 0.3) is 5.92 Å². The molecule has 4 rings (SSSR count). The Labute approximate surface area is 141 Å². The summed E-state index contributed by atoms with van der Waals surface area (Å²) in [6.45, 7) is 6.77. The maximum Gasteiger partial charge on any atom is 0.260 e. The molecule has 0 atom stereocenters. The largest absolute Gasteiger partial charge is 0.341 e. The Hall–Kier alpha value is -0.820. The first-order valence-electron chi connectivity index (χ1n) is 9.17. The Morgan fingerprint density at radius 2 is 1.67 bits per heavy atom. The van der Waals surface area contributed by atoms with Crippen molar-refractivity contribution in [3.8, 4) is 0 Å². The van der Waals surface area contributed by atoms with Crippen molar-refractivity contribution in [2.45, 2.75) is 51.5 Å².